The van der Waals surface area contributed by atoms with Crippen molar-refractivity contribution in [3.63, 3.8) is 0 Å². The highest BCUT2D eigenvalue weighted by Gasteiger charge is 2.65. The monoisotopic (exact) mass is 448 g/mol. The Morgan fingerprint density at radius 3 is 2.23 bits per heavy atom. The van der Waals surface area contributed by atoms with Gasteiger partial charge in [0.2, 0.25) is 8.32 Å². The highest BCUT2D eigenvalue weighted by Crippen LogP contribution is 2.71. The molecule has 0 unspecified atom stereocenters. The second-order valence-electron chi connectivity index (χ2n) is 12.2. The first kappa shape index (κ1) is 23.8. The number of hydrogen-bond acceptors (Lipinski definition) is 3. The molecule has 4 rings (SSSR count). The van der Waals surface area contributed by atoms with Crippen LogP contribution in [0, 0.1) is 22.2 Å². The summed E-state index contributed by atoms with van der Waals surface area (Å²) in [5.41, 5.74) is 2.50. The molecule has 31 heavy (non-hydrogen) atoms. The van der Waals surface area contributed by atoms with Crippen LogP contribution in [0.25, 0.3) is 0 Å². The molecule has 3 aliphatic carbocycles. The summed E-state index contributed by atoms with van der Waals surface area (Å²) in [7, 11) is -1.62. The second kappa shape index (κ2) is 7.87. The maximum atomic E-state index is 7.06. The minimum absolute atomic E-state index is 0.202. The van der Waals surface area contributed by atoms with E-state index in [4.69, 9.17) is 13.9 Å². The van der Waals surface area contributed by atoms with E-state index in [-0.39, 0.29) is 10.8 Å². The molecule has 0 aromatic rings. The normalized spacial score (nSPS) is 42.5. The van der Waals surface area contributed by atoms with Crippen molar-refractivity contribution in [3.05, 3.63) is 11.3 Å². The van der Waals surface area contributed by atoms with Crippen molar-refractivity contribution in [2.45, 2.75) is 130 Å². The van der Waals surface area contributed by atoms with Crippen LogP contribution >= 0.6 is 0 Å². The molecule has 178 valence electrons. The Morgan fingerprint density at radius 2 is 1.58 bits per heavy atom. The van der Waals surface area contributed by atoms with E-state index in [0.717, 1.165) is 25.9 Å². The van der Waals surface area contributed by atoms with Gasteiger partial charge in [-0.3, -0.25) is 0 Å². The van der Waals surface area contributed by atoms with Gasteiger partial charge in [0.1, 0.15) is 0 Å². The van der Waals surface area contributed by atoms with Gasteiger partial charge in [-0.1, -0.05) is 41.5 Å². The Balaban J connectivity index is 1.68. The highest BCUT2D eigenvalue weighted by atomic mass is 28.4. The number of ether oxygens (including phenoxy) is 2. The van der Waals surface area contributed by atoms with Crippen molar-refractivity contribution in [2.75, 3.05) is 6.61 Å². The number of hydrogen-bond donors (Lipinski definition) is 0. The maximum Gasteiger partial charge on any atom is 0.250 e. The number of allylic oxidation sites excluding steroid dienone is 2. The van der Waals surface area contributed by atoms with Gasteiger partial charge in [0.25, 0.3) is 0 Å². The third-order valence-electron chi connectivity index (χ3n) is 10.8. The molecule has 4 heteroatoms. The van der Waals surface area contributed by atoms with Crippen LogP contribution in [0.15, 0.2) is 11.3 Å². The molecule has 0 radical (unpaired) electrons. The van der Waals surface area contributed by atoms with Crippen LogP contribution in [-0.4, -0.2) is 26.8 Å². The molecule has 0 aromatic heterocycles. The SMILES string of the molecule is CC[Si](CC)(CC)OC1=C2CC[C@@H]3[C@@]4(C)CCOC(C)(C)O[C@@H]4CC[C@@]3(C)[C@]2(C)CC1. The van der Waals surface area contributed by atoms with E-state index in [1.165, 1.54) is 49.6 Å². The van der Waals surface area contributed by atoms with Gasteiger partial charge in [0, 0.05) is 6.42 Å². The molecule has 3 nitrogen and oxygen atoms in total. The average Bonchev–Trinajstić information content (AvgIpc) is 2.99. The zero-order valence-corrected chi connectivity index (χ0v) is 22.7. The molecular weight excluding hydrogens is 400 g/mol. The highest BCUT2D eigenvalue weighted by molar-refractivity contribution is 6.73. The maximum absolute atomic E-state index is 7.06. The Hall–Kier alpha value is -0.323. The first-order valence-electron chi connectivity index (χ1n) is 13.2. The molecule has 0 aromatic carbocycles. The topological polar surface area (TPSA) is 27.7 Å². The van der Waals surface area contributed by atoms with E-state index in [0.29, 0.717) is 17.4 Å². The lowest BCUT2D eigenvalue weighted by atomic mass is 9.41. The molecule has 0 N–H and O–H groups in total. The molecule has 0 spiro atoms. The fraction of sp³-hybridized carbons (Fsp3) is 0.926. The standard InChI is InChI=1S/C27H48O3Si/c1-9-31(10-2,11-3)30-21-14-16-26(7)20(21)12-13-22-25(6)18-19-28-24(4,5)29-23(25)15-17-27(22,26)8/h22-23H,9-19H2,1-8H3/t22-,23-,25-,26-,27-/m1/s1. The van der Waals surface area contributed by atoms with E-state index in [1.54, 1.807) is 5.57 Å². The molecule has 1 heterocycles. The summed E-state index contributed by atoms with van der Waals surface area (Å²) in [6.45, 7) is 19.8. The Kier molecular flexibility index (Phi) is 6.05. The van der Waals surface area contributed by atoms with Gasteiger partial charge in [-0.05, 0) is 98.2 Å². The molecule has 1 aliphatic heterocycles. The summed E-state index contributed by atoms with van der Waals surface area (Å²) in [5.74, 6) is 1.66. The Bertz CT molecular complexity index is 718. The minimum Gasteiger partial charge on any atom is -0.547 e. The lowest BCUT2D eigenvalue weighted by Gasteiger charge is -2.64. The van der Waals surface area contributed by atoms with Crippen LogP contribution in [0.5, 0.6) is 0 Å². The quantitative estimate of drug-likeness (QED) is 0.401. The Labute approximate surface area is 192 Å². The zero-order valence-electron chi connectivity index (χ0n) is 21.7. The van der Waals surface area contributed by atoms with Crippen LogP contribution in [0.3, 0.4) is 0 Å². The minimum atomic E-state index is -1.62. The fourth-order valence-electron chi connectivity index (χ4n) is 8.27. The molecular formula is C27H48O3Si. The Morgan fingerprint density at radius 1 is 0.903 bits per heavy atom. The fourth-order valence-corrected chi connectivity index (χ4v) is 10.9. The van der Waals surface area contributed by atoms with Gasteiger partial charge in [-0.15, -0.1) is 0 Å². The smallest absolute Gasteiger partial charge is 0.250 e. The van der Waals surface area contributed by atoms with Gasteiger partial charge in [-0.2, -0.15) is 0 Å². The predicted octanol–water partition coefficient (Wildman–Crippen LogP) is 7.82. The summed E-state index contributed by atoms with van der Waals surface area (Å²) >= 11 is 0. The zero-order chi connectivity index (χ0) is 22.7. The van der Waals surface area contributed by atoms with Crippen LogP contribution in [0.1, 0.15) is 100 Å². The lowest BCUT2D eigenvalue weighted by molar-refractivity contribution is -0.255. The summed E-state index contributed by atoms with van der Waals surface area (Å²) < 4.78 is 19.8. The first-order chi connectivity index (χ1) is 14.5. The summed E-state index contributed by atoms with van der Waals surface area (Å²) in [5, 5.41) is 0. The van der Waals surface area contributed by atoms with E-state index < -0.39 is 14.1 Å². The predicted molar refractivity (Wildman–Crippen MR) is 130 cm³/mol. The molecule has 4 aliphatic rings. The molecule has 0 amide bonds. The largest absolute Gasteiger partial charge is 0.547 e. The van der Waals surface area contributed by atoms with E-state index in [2.05, 4.69) is 55.4 Å². The van der Waals surface area contributed by atoms with E-state index in [1.807, 2.05) is 0 Å². The molecule has 5 atom stereocenters. The van der Waals surface area contributed by atoms with Gasteiger partial charge >= 0.3 is 0 Å². The average molecular weight is 449 g/mol. The van der Waals surface area contributed by atoms with E-state index in [9.17, 15) is 0 Å². The van der Waals surface area contributed by atoms with Crippen molar-refractivity contribution in [3.8, 4) is 0 Å². The molecule has 0 bridgehead atoms. The van der Waals surface area contributed by atoms with Crippen LogP contribution in [0.2, 0.25) is 18.1 Å². The number of fused-ring (bicyclic) bond motifs is 5. The lowest BCUT2D eigenvalue weighted by Crippen LogP contribution is -2.59. The third-order valence-corrected chi connectivity index (χ3v) is 15.4. The summed E-state index contributed by atoms with van der Waals surface area (Å²) in [6.07, 6.45) is 8.80. The van der Waals surface area contributed by atoms with Gasteiger partial charge in [-0.25, -0.2) is 0 Å². The van der Waals surface area contributed by atoms with E-state index >= 15 is 0 Å². The molecule has 2 saturated carbocycles. The third kappa shape index (κ3) is 3.49. The van der Waals surface area contributed by atoms with Crippen molar-refractivity contribution >= 4 is 8.32 Å². The van der Waals surface area contributed by atoms with Gasteiger partial charge in [0.05, 0.1) is 18.5 Å². The van der Waals surface area contributed by atoms with Crippen molar-refractivity contribution in [1.29, 1.82) is 0 Å². The summed E-state index contributed by atoms with van der Waals surface area (Å²) in [6, 6.07) is 3.71. The van der Waals surface area contributed by atoms with Crippen molar-refractivity contribution < 1.29 is 13.9 Å². The number of rotatable bonds is 5. The van der Waals surface area contributed by atoms with Gasteiger partial charge in [0.15, 0.2) is 5.79 Å². The van der Waals surface area contributed by atoms with Crippen LogP contribution in [-0.2, 0) is 13.9 Å². The first-order valence-corrected chi connectivity index (χ1v) is 15.8. The summed E-state index contributed by atoms with van der Waals surface area (Å²) in [4.78, 5) is 0. The van der Waals surface area contributed by atoms with Gasteiger partial charge < -0.3 is 13.9 Å². The van der Waals surface area contributed by atoms with Crippen LogP contribution in [0.4, 0.5) is 0 Å². The second-order valence-corrected chi connectivity index (χ2v) is 16.9. The molecule has 3 fully saturated rings. The van der Waals surface area contributed by atoms with Crippen molar-refractivity contribution in [1.82, 2.24) is 0 Å². The van der Waals surface area contributed by atoms with Crippen LogP contribution < -0.4 is 0 Å². The van der Waals surface area contributed by atoms with Crippen molar-refractivity contribution in [2.24, 2.45) is 22.2 Å². The molecule has 1 saturated heterocycles.